The molecule has 2 nitrogen and oxygen atoms in total. The Labute approximate surface area is 167 Å². The van der Waals surface area contributed by atoms with Crippen LogP contribution in [0.25, 0.3) is 0 Å². The van der Waals surface area contributed by atoms with Gasteiger partial charge in [0.25, 0.3) is 0 Å². The maximum Gasteiger partial charge on any atom is 0.417 e. The second-order valence-corrected chi connectivity index (χ2v) is 8.18. The van der Waals surface area contributed by atoms with E-state index in [1.54, 1.807) is 19.1 Å². The topological polar surface area (TPSA) is 29.5 Å². The molecule has 154 valence electrons. The summed E-state index contributed by atoms with van der Waals surface area (Å²) in [7, 11) is 1.36. The van der Waals surface area contributed by atoms with Gasteiger partial charge in [-0.3, -0.25) is 0 Å². The van der Waals surface area contributed by atoms with Crippen LogP contribution in [0.5, 0.6) is 5.75 Å². The number of benzene rings is 2. The van der Waals surface area contributed by atoms with Crippen molar-refractivity contribution < 1.29 is 27.4 Å². The normalized spacial score (nSPS) is 14.6. The van der Waals surface area contributed by atoms with Gasteiger partial charge in [0.05, 0.1) is 7.11 Å². The summed E-state index contributed by atoms with van der Waals surface area (Å²) in [6, 6.07) is 8.25. The van der Waals surface area contributed by atoms with Crippen LogP contribution < -0.4 is 4.74 Å². The molecule has 0 amide bonds. The molecule has 1 atom stereocenters. The van der Waals surface area contributed by atoms with E-state index >= 15 is 0 Å². The number of methoxy groups -OCH3 is 1. The maximum atomic E-state index is 13.9. The largest absolute Gasteiger partial charge is 0.496 e. The lowest BCUT2D eigenvalue weighted by Gasteiger charge is -2.38. The third kappa shape index (κ3) is 4.97. The molecular formula is C21H23ClF4O2. The lowest BCUT2D eigenvalue weighted by atomic mass is 9.72. The van der Waals surface area contributed by atoms with E-state index in [0.29, 0.717) is 10.6 Å². The zero-order valence-corrected chi connectivity index (χ0v) is 16.9. The van der Waals surface area contributed by atoms with Gasteiger partial charge >= 0.3 is 6.18 Å². The summed E-state index contributed by atoms with van der Waals surface area (Å²) in [5, 5.41) is 11.0. The highest BCUT2D eigenvalue weighted by atomic mass is 35.5. The molecule has 0 fully saturated rings. The van der Waals surface area contributed by atoms with Crippen LogP contribution in [0.4, 0.5) is 17.6 Å². The Morgan fingerprint density at radius 1 is 1.07 bits per heavy atom. The Bertz CT molecular complexity index is 829. The van der Waals surface area contributed by atoms with Gasteiger partial charge in [-0.05, 0) is 60.2 Å². The summed E-state index contributed by atoms with van der Waals surface area (Å²) < 4.78 is 60.7. The van der Waals surface area contributed by atoms with Crippen LogP contribution >= 0.6 is 11.6 Å². The van der Waals surface area contributed by atoms with Gasteiger partial charge in [0.15, 0.2) is 5.60 Å². The van der Waals surface area contributed by atoms with Crippen molar-refractivity contribution in [3.63, 3.8) is 0 Å². The average Bonchev–Trinajstić information content (AvgIpc) is 2.52. The minimum atomic E-state index is -4.90. The molecule has 28 heavy (non-hydrogen) atoms. The number of halogens is 5. The van der Waals surface area contributed by atoms with Gasteiger partial charge in [-0.1, -0.05) is 31.5 Å². The number of hydrogen-bond acceptors (Lipinski definition) is 2. The molecule has 0 aliphatic carbocycles. The standard InChI is InChI=1S/C21H23ClF4O2/c1-13-7-14(9-15(22)8-13)11-20(27,21(24,25)26)12-19(2,3)17-10-16(23)5-6-18(17)28-4/h5-10,27H,11-12H2,1-4H3. The molecule has 2 aromatic rings. The summed E-state index contributed by atoms with van der Waals surface area (Å²) in [6.07, 6.45) is -6.26. The molecule has 0 saturated carbocycles. The van der Waals surface area contributed by atoms with Crippen LogP contribution in [0.2, 0.25) is 5.02 Å². The van der Waals surface area contributed by atoms with E-state index in [1.165, 1.54) is 39.2 Å². The molecule has 0 aromatic heterocycles. The highest BCUT2D eigenvalue weighted by Crippen LogP contribution is 2.45. The van der Waals surface area contributed by atoms with Crippen molar-refractivity contribution >= 4 is 11.6 Å². The van der Waals surface area contributed by atoms with Crippen molar-refractivity contribution in [1.29, 1.82) is 0 Å². The molecule has 0 spiro atoms. The van der Waals surface area contributed by atoms with Crippen molar-refractivity contribution in [2.45, 2.75) is 50.8 Å². The van der Waals surface area contributed by atoms with Gasteiger partial charge in [0.1, 0.15) is 11.6 Å². The molecule has 1 N–H and O–H groups in total. The van der Waals surface area contributed by atoms with Crippen molar-refractivity contribution in [3.8, 4) is 5.75 Å². The lowest BCUT2D eigenvalue weighted by Crippen LogP contribution is -2.50. The van der Waals surface area contributed by atoms with Crippen LogP contribution in [0.15, 0.2) is 36.4 Å². The Balaban J connectivity index is 2.47. The first-order valence-corrected chi connectivity index (χ1v) is 9.04. The van der Waals surface area contributed by atoms with Gasteiger partial charge in [0, 0.05) is 17.0 Å². The second kappa shape index (κ2) is 7.91. The van der Waals surface area contributed by atoms with Crippen molar-refractivity contribution in [2.75, 3.05) is 7.11 Å². The molecule has 0 aliphatic rings. The van der Waals surface area contributed by atoms with Gasteiger partial charge in [-0.25, -0.2) is 4.39 Å². The molecule has 0 aliphatic heterocycles. The molecule has 0 radical (unpaired) electrons. The number of hydrogen-bond donors (Lipinski definition) is 1. The highest BCUT2D eigenvalue weighted by Gasteiger charge is 2.56. The van der Waals surface area contributed by atoms with E-state index in [2.05, 4.69) is 0 Å². The Hall–Kier alpha value is -1.79. The number of rotatable bonds is 6. The van der Waals surface area contributed by atoms with E-state index in [-0.39, 0.29) is 16.9 Å². The second-order valence-electron chi connectivity index (χ2n) is 7.75. The number of alkyl halides is 3. The minimum Gasteiger partial charge on any atom is -0.496 e. The molecule has 0 saturated heterocycles. The monoisotopic (exact) mass is 418 g/mol. The van der Waals surface area contributed by atoms with Gasteiger partial charge in [-0.2, -0.15) is 13.2 Å². The zero-order chi connectivity index (χ0) is 21.3. The number of aliphatic hydroxyl groups is 1. The number of aryl methyl sites for hydroxylation is 1. The molecule has 0 heterocycles. The molecule has 2 aromatic carbocycles. The molecule has 1 unspecified atom stereocenters. The van der Waals surface area contributed by atoms with Crippen LogP contribution in [0.1, 0.15) is 37.0 Å². The van der Waals surface area contributed by atoms with E-state index in [9.17, 15) is 22.7 Å². The van der Waals surface area contributed by atoms with Gasteiger partial charge in [-0.15, -0.1) is 0 Å². The fourth-order valence-electron chi connectivity index (χ4n) is 3.55. The predicted octanol–water partition coefficient (Wildman–Crippen LogP) is 6.00. The average molecular weight is 419 g/mol. The van der Waals surface area contributed by atoms with Crippen molar-refractivity contribution in [1.82, 2.24) is 0 Å². The van der Waals surface area contributed by atoms with E-state index in [1.807, 2.05) is 0 Å². The summed E-state index contributed by atoms with van der Waals surface area (Å²) >= 11 is 5.96. The fourth-order valence-corrected chi connectivity index (χ4v) is 3.86. The summed E-state index contributed by atoms with van der Waals surface area (Å²) in [4.78, 5) is 0. The van der Waals surface area contributed by atoms with Crippen LogP contribution in [-0.4, -0.2) is 24.0 Å². The summed E-state index contributed by atoms with van der Waals surface area (Å²) in [5.41, 5.74) is -3.05. The van der Waals surface area contributed by atoms with Gasteiger partial charge in [0.2, 0.25) is 0 Å². The van der Waals surface area contributed by atoms with E-state index < -0.39 is 35.9 Å². The van der Waals surface area contributed by atoms with Crippen LogP contribution in [0.3, 0.4) is 0 Å². The van der Waals surface area contributed by atoms with Crippen molar-refractivity contribution in [2.24, 2.45) is 0 Å². The predicted molar refractivity (Wildman–Crippen MR) is 101 cm³/mol. The summed E-state index contributed by atoms with van der Waals surface area (Å²) in [5.74, 6) is -0.334. The lowest BCUT2D eigenvalue weighted by molar-refractivity contribution is -0.266. The first-order valence-electron chi connectivity index (χ1n) is 8.67. The van der Waals surface area contributed by atoms with E-state index in [0.717, 1.165) is 6.07 Å². The Morgan fingerprint density at radius 3 is 2.25 bits per heavy atom. The quantitative estimate of drug-likeness (QED) is 0.583. The van der Waals surface area contributed by atoms with Gasteiger partial charge < -0.3 is 9.84 Å². The molecule has 2 rings (SSSR count). The Morgan fingerprint density at radius 2 is 1.71 bits per heavy atom. The van der Waals surface area contributed by atoms with Crippen LogP contribution in [-0.2, 0) is 11.8 Å². The Kier molecular flexibility index (Phi) is 6.36. The van der Waals surface area contributed by atoms with E-state index in [4.69, 9.17) is 16.3 Å². The number of ether oxygens (including phenoxy) is 1. The SMILES string of the molecule is COc1ccc(F)cc1C(C)(C)CC(O)(Cc1cc(C)cc(Cl)c1)C(F)(F)F. The first-order chi connectivity index (χ1) is 12.8. The van der Waals surface area contributed by atoms with Crippen LogP contribution in [0, 0.1) is 12.7 Å². The highest BCUT2D eigenvalue weighted by molar-refractivity contribution is 6.30. The summed E-state index contributed by atoms with van der Waals surface area (Å²) in [6.45, 7) is 4.75. The van der Waals surface area contributed by atoms with Crippen molar-refractivity contribution in [3.05, 3.63) is 63.9 Å². The molecular weight excluding hydrogens is 396 g/mol. The fraction of sp³-hybridized carbons (Fsp3) is 0.429. The molecule has 7 heteroatoms. The third-order valence-corrected chi connectivity index (χ3v) is 4.97. The smallest absolute Gasteiger partial charge is 0.417 e. The third-order valence-electron chi connectivity index (χ3n) is 4.75. The molecule has 0 bridgehead atoms. The first kappa shape index (κ1) is 22.5. The minimum absolute atomic E-state index is 0.250. The maximum absolute atomic E-state index is 13.9. The zero-order valence-electron chi connectivity index (χ0n) is 16.1.